The third-order valence-corrected chi connectivity index (χ3v) is 5.64. The lowest BCUT2D eigenvalue weighted by molar-refractivity contribution is -0.346. The summed E-state index contributed by atoms with van der Waals surface area (Å²) in [6.07, 6.45) is -12.6. The average molecular weight is 459 g/mol. The number of anilines is 1. The highest BCUT2D eigenvalue weighted by atomic mass is 16.7. The van der Waals surface area contributed by atoms with Crippen molar-refractivity contribution in [3.8, 4) is 0 Å². The summed E-state index contributed by atoms with van der Waals surface area (Å²) in [7, 11) is 0. The van der Waals surface area contributed by atoms with Crippen LogP contribution in [0.25, 0.3) is 11.2 Å². The normalized spacial score (nSPS) is 40.6. The lowest BCUT2D eigenvalue weighted by atomic mass is 9.96. The Bertz CT molecular complexity index is 928. The van der Waals surface area contributed by atoms with Crippen molar-refractivity contribution in [3.63, 3.8) is 0 Å². The first kappa shape index (κ1) is 23.1. The van der Waals surface area contributed by atoms with Gasteiger partial charge in [0.1, 0.15) is 60.7 Å². The standard InChI is InChI=1S/C17H25N5O10/c18-14-7-15(20-3-19-14)22(4-21-7)16-11(28)10(27)13(6(2-24)30-16)32-17-12(29)9(26)8(25)5(1-23)31-17/h3-6,8-13,16-17,23-29H,1-2H2,(H2,18,19,20)/t5-,6-,8+,9+,10-,11+,12+,13+,16-,17+/m0/s1. The molecule has 9 N–H and O–H groups in total. The number of aliphatic hydroxyl groups excluding tert-OH is 7. The molecule has 0 bridgehead atoms. The minimum absolute atomic E-state index is 0.0992. The van der Waals surface area contributed by atoms with Gasteiger partial charge < -0.3 is 55.7 Å². The fourth-order valence-electron chi connectivity index (χ4n) is 3.86. The van der Waals surface area contributed by atoms with Crippen molar-refractivity contribution in [2.24, 2.45) is 0 Å². The van der Waals surface area contributed by atoms with Gasteiger partial charge >= 0.3 is 0 Å². The largest absolute Gasteiger partial charge is 0.394 e. The molecule has 2 aliphatic heterocycles. The summed E-state index contributed by atoms with van der Waals surface area (Å²) < 4.78 is 17.9. The molecule has 2 fully saturated rings. The number of fused-ring (bicyclic) bond motifs is 1. The number of nitrogens with two attached hydrogens (primary N) is 1. The van der Waals surface area contributed by atoms with Gasteiger partial charge in [-0.25, -0.2) is 15.0 Å². The molecule has 0 aromatic carbocycles. The highest BCUT2D eigenvalue weighted by molar-refractivity contribution is 5.81. The molecule has 32 heavy (non-hydrogen) atoms. The van der Waals surface area contributed by atoms with Gasteiger partial charge in [-0.1, -0.05) is 0 Å². The van der Waals surface area contributed by atoms with E-state index in [9.17, 15) is 35.7 Å². The van der Waals surface area contributed by atoms with E-state index >= 15 is 0 Å². The number of nitrogens with zero attached hydrogens (tertiary/aromatic N) is 4. The Morgan fingerprint density at radius 2 is 1.59 bits per heavy atom. The van der Waals surface area contributed by atoms with Crippen LogP contribution in [0.4, 0.5) is 5.82 Å². The topological polar surface area (TPSA) is 239 Å². The van der Waals surface area contributed by atoms with E-state index in [0.29, 0.717) is 0 Å². The molecule has 15 nitrogen and oxygen atoms in total. The molecule has 0 spiro atoms. The van der Waals surface area contributed by atoms with Crippen LogP contribution in [0.2, 0.25) is 0 Å². The first-order valence-corrected chi connectivity index (χ1v) is 9.79. The van der Waals surface area contributed by atoms with Gasteiger partial charge in [0.15, 0.2) is 24.0 Å². The summed E-state index contributed by atoms with van der Waals surface area (Å²) in [6.45, 7) is -1.34. The van der Waals surface area contributed by atoms with E-state index in [4.69, 9.17) is 19.9 Å². The van der Waals surface area contributed by atoms with Crippen LogP contribution in [0.3, 0.4) is 0 Å². The summed E-state index contributed by atoms with van der Waals surface area (Å²) >= 11 is 0. The van der Waals surface area contributed by atoms with Crippen molar-refractivity contribution in [2.75, 3.05) is 18.9 Å². The van der Waals surface area contributed by atoms with Crippen molar-refractivity contribution in [1.82, 2.24) is 19.5 Å². The van der Waals surface area contributed by atoms with Crippen molar-refractivity contribution in [2.45, 2.75) is 61.3 Å². The van der Waals surface area contributed by atoms with Gasteiger partial charge in [-0.2, -0.15) is 0 Å². The zero-order valence-electron chi connectivity index (χ0n) is 16.6. The Hall–Kier alpha value is -2.05. The lowest BCUT2D eigenvalue weighted by Gasteiger charge is -2.46. The summed E-state index contributed by atoms with van der Waals surface area (Å²) in [6, 6.07) is 0. The van der Waals surface area contributed by atoms with Crippen LogP contribution in [-0.4, -0.2) is 124 Å². The van der Waals surface area contributed by atoms with Crippen LogP contribution in [-0.2, 0) is 14.2 Å². The second-order valence-electron chi connectivity index (χ2n) is 7.61. The Labute approximate surface area is 180 Å². The molecule has 178 valence electrons. The molecule has 0 saturated carbocycles. The number of rotatable bonds is 5. The average Bonchev–Trinajstić information content (AvgIpc) is 3.22. The molecule has 4 heterocycles. The van der Waals surface area contributed by atoms with Gasteiger partial charge in [-0.3, -0.25) is 4.57 Å². The predicted molar refractivity (Wildman–Crippen MR) is 101 cm³/mol. The molecule has 4 rings (SSSR count). The summed E-state index contributed by atoms with van der Waals surface area (Å²) in [4.78, 5) is 12.0. The van der Waals surface area contributed by atoms with Crippen LogP contribution in [0, 0.1) is 0 Å². The maximum absolute atomic E-state index is 10.7. The minimum atomic E-state index is -1.74. The number of hydrogen-bond donors (Lipinski definition) is 8. The van der Waals surface area contributed by atoms with E-state index in [1.807, 2.05) is 0 Å². The number of imidazole rings is 1. The molecule has 2 aromatic heterocycles. The first-order valence-electron chi connectivity index (χ1n) is 9.79. The minimum Gasteiger partial charge on any atom is -0.394 e. The number of nitrogen functional groups attached to an aromatic ring is 1. The quantitative estimate of drug-likeness (QED) is 0.209. The Kier molecular flexibility index (Phi) is 6.55. The van der Waals surface area contributed by atoms with Gasteiger partial charge in [-0.15, -0.1) is 0 Å². The van der Waals surface area contributed by atoms with Crippen LogP contribution < -0.4 is 5.73 Å². The number of aliphatic hydroxyl groups is 7. The number of aromatic nitrogens is 4. The van der Waals surface area contributed by atoms with Crippen molar-refractivity contribution in [1.29, 1.82) is 0 Å². The van der Waals surface area contributed by atoms with Crippen molar-refractivity contribution < 1.29 is 50.0 Å². The maximum atomic E-state index is 10.7. The maximum Gasteiger partial charge on any atom is 0.187 e. The molecule has 0 amide bonds. The molecular formula is C17H25N5O10. The number of ether oxygens (including phenoxy) is 3. The molecule has 0 aliphatic carbocycles. The Balaban J connectivity index is 1.57. The van der Waals surface area contributed by atoms with E-state index in [1.54, 1.807) is 0 Å². The van der Waals surface area contributed by atoms with E-state index in [1.165, 1.54) is 17.2 Å². The van der Waals surface area contributed by atoms with Gasteiger partial charge in [0.2, 0.25) is 0 Å². The second-order valence-corrected chi connectivity index (χ2v) is 7.61. The summed E-state index contributed by atoms with van der Waals surface area (Å²) in [5.41, 5.74) is 6.23. The summed E-state index contributed by atoms with van der Waals surface area (Å²) in [5, 5.41) is 70.6. The highest BCUT2D eigenvalue weighted by Gasteiger charge is 2.51. The van der Waals surface area contributed by atoms with Gasteiger partial charge in [0, 0.05) is 0 Å². The fourth-order valence-corrected chi connectivity index (χ4v) is 3.86. The predicted octanol–water partition coefficient (Wildman–Crippen LogP) is -4.79. The van der Waals surface area contributed by atoms with Crippen LogP contribution in [0.15, 0.2) is 12.7 Å². The molecule has 2 aromatic rings. The van der Waals surface area contributed by atoms with Crippen LogP contribution in [0.5, 0.6) is 0 Å². The molecule has 2 aliphatic rings. The van der Waals surface area contributed by atoms with E-state index in [2.05, 4.69) is 15.0 Å². The van der Waals surface area contributed by atoms with Gasteiger partial charge in [-0.05, 0) is 0 Å². The SMILES string of the molecule is Nc1ncnc2c1ncn2[C@H]1O[C@@H](CO)[C@@H](O[C@H]2O[C@@H](CO)[C@@H](O)[C@@H](O)[C@H]2O)[C@@H](O)[C@H]1O. The Morgan fingerprint density at radius 3 is 2.28 bits per heavy atom. The Morgan fingerprint density at radius 1 is 0.875 bits per heavy atom. The highest BCUT2D eigenvalue weighted by Crippen LogP contribution is 2.34. The summed E-state index contributed by atoms with van der Waals surface area (Å²) in [5.74, 6) is 0.0992. The van der Waals surface area contributed by atoms with E-state index in [0.717, 1.165) is 0 Å². The van der Waals surface area contributed by atoms with E-state index < -0.39 is 74.6 Å². The zero-order chi connectivity index (χ0) is 23.2. The molecule has 2 saturated heterocycles. The third kappa shape index (κ3) is 3.81. The smallest absolute Gasteiger partial charge is 0.187 e. The molecule has 10 atom stereocenters. The molecule has 0 radical (unpaired) electrons. The van der Waals surface area contributed by atoms with Gasteiger partial charge in [0.25, 0.3) is 0 Å². The zero-order valence-corrected chi connectivity index (χ0v) is 16.6. The lowest BCUT2D eigenvalue weighted by Crippen LogP contribution is -2.63. The monoisotopic (exact) mass is 459 g/mol. The van der Waals surface area contributed by atoms with Crippen LogP contribution in [0.1, 0.15) is 6.23 Å². The van der Waals surface area contributed by atoms with Crippen LogP contribution >= 0.6 is 0 Å². The molecule has 15 heteroatoms. The third-order valence-electron chi connectivity index (χ3n) is 5.64. The number of hydrogen-bond acceptors (Lipinski definition) is 14. The molecular weight excluding hydrogens is 434 g/mol. The van der Waals surface area contributed by atoms with E-state index in [-0.39, 0.29) is 17.0 Å². The molecule has 0 unspecified atom stereocenters. The van der Waals surface area contributed by atoms with Crippen molar-refractivity contribution in [3.05, 3.63) is 12.7 Å². The first-order chi connectivity index (χ1) is 15.3. The van der Waals surface area contributed by atoms with Gasteiger partial charge in [0.05, 0.1) is 19.5 Å². The fraction of sp³-hybridized carbons (Fsp3) is 0.706. The second kappa shape index (κ2) is 9.06. The van der Waals surface area contributed by atoms with Crippen molar-refractivity contribution >= 4 is 17.0 Å².